The average Bonchev–Trinajstić information content (AvgIpc) is 3.11. The molecule has 46 heavy (non-hydrogen) atoms. The molecule has 3 aromatic rings. The number of para-hydroxylation sites is 1. The van der Waals surface area contributed by atoms with Gasteiger partial charge in [0.15, 0.2) is 0 Å². The zero-order chi connectivity index (χ0) is 32.5. The van der Waals surface area contributed by atoms with E-state index in [4.69, 9.17) is 4.74 Å². The minimum atomic E-state index is 0.0683. The Kier molecular flexibility index (Phi) is 11.7. The molecule has 1 saturated heterocycles. The van der Waals surface area contributed by atoms with Gasteiger partial charge in [0.1, 0.15) is 11.6 Å². The van der Waals surface area contributed by atoms with Gasteiger partial charge in [0, 0.05) is 84.1 Å². The fourth-order valence-corrected chi connectivity index (χ4v) is 6.57. The second-order valence-corrected chi connectivity index (χ2v) is 12.7. The molecule has 2 amide bonds. The molecule has 2 aliphatic rings. The molecular weight excluding hydrogens is 576 g/mol. The van der Waals surface area contributed by atoms with Crippen LogP contribution in [-0.2, 0) is 22.6 Å². The summed E-state index contributed by atoms with van der Waals surface area (Å²) >= 11 is 0. The molecule has 246 valence electrons. The maximum atomic E-state index is 14.0. The van der Waals surface area contributed by atoms with Crippen LogP contribution in [0.4, 0.5) is 11.5 Å². The fourth-order valence-electron chi connectivity index (χ4n) is 6.57. The van der Waals surface area contributed by atoms with Crippen LogP contribution in [0.3, 0.4) is 0 Å². The molecule has 0 bridgehead atoms. The summed E-state index contributed by atoms with van der Waals surface area (Å²) in [7, 11) is 1.65. The number of methoxy groups -OCH3 is 1. The molecule has 2 aliphatic heterocycles. The van der Waals surface area contributed by atoms with Crippen LogP contribution in [0.1, 0.15) is 43.4 Å². The van der Waals surface area contributed by atoms with E-state index in [1.54, 1.807) is 7.11 Å². The summed E-state index contributed by atoms with van der Waals surface area (Å²) in [5, 5.41) is 0. The lowest BCUT2D eigenvalue weighted by molar-refractivity contribution is -0.132. The third-order valence-electron chi connectivity index (χ3n) is 9.32. The van der Waals surface area contributed by atoms with Crippen LogP contribution in [0.25, 0.3) is 0 Å². The van der Waals surface area contributed by atoms with Gasteiger partial charge in [-0.2, -0.15) is 0 Å². The van der Waals surface area contributed by atoms with Crippen LogP contribution in [-0.4, -0.2) is 104 Å². The Hall–Kier alpha value is -3.95. The first kappa shape index (κ1) is 33.4. The molecule has 0 atom stereocenters. The molecule has 0 unspecified atom stereocenters. The van der Waals surface area contributed by atoms with Crippen molar-refractivity contribution in [3.8, 4) is 5.75 Å². The maximum absolute atomic E-state index is 14.0. The Labute approximate surface area is 274 Å². The van der Waals surface area contributed by atoms with Gasteiger partial charge in [-0.1, -0.05) is 36.4 Å². The smallest absolute Gasteiger partial charge is 0.231 e. The highest BCUT2D eigenvalue weighted by Gasteiger charge is 2.26. The molecule has 0 aliphatic carbocycles. The summed E-state index contributed by atoms with van der Waals surface area (Å²) in [5.74, 6) is 2.03. The number of carbonyl (C=O) groups excluding carboxylic acids is 2. The van der Waals surface area contributed by atoms with E-state index in [1.165, 1.54) is 0 Å². The molecule has 1 aromatic heterocycles. The van der Waals surface area contributed by atoms with Gasteiger partial charge >= 0.3 is 0 Å². The van der Waals surface area contributed by atoms with Gasteiger partial charge in [-0.15, -0.1) is 0 Å². The summed E-state index contributed by atoms with van der Waals surface area (Å²) in [6.07, 6.45) is 3.49. The highest BCUT2D eigenvalue weighted by atomic mass is 16.5. The molecular formula is C37H50N6O3. The summed E-state index contributed by atoms with van der Waals surface area (Å²) < 4.78 is 5.31. The second kappa shape index (κ2) is 16.1. The lowest BCUT2D eigenvalue weighted by Gasteiger charge is -2.35. The topological polar surface area (TPSA) is 72.5 Å². The molecule has 0 radical (unpaired) electrons. The molecule has 0 spiro atoms. The third-order valence-corrected chi connectivity index (χ3v) is 9.32. The number of rotatable bonds is 8. The number of carbonyl (C=O) groups is 2. The molecule has 2 aromatic carbocycles. The molecule has 0 N–H and O–H groups in total. The van der Waals surface area contributed by atoms with E-state index in [2.05, 4.69) is 58.7 Å². The van der Waals surface area contributed by atoms with E-state index in [0.29, 0.717) is 38.5 Å². The standard InChI is InChI=1S/C37H50N6O3/c1-29(2)40-18-8-19-43(36(45)27-31-12-14-33(46-4)15-13-31)37-30(3)9-7-10-32(37)28-42(26-25-40)35(44)16-20-39-21-23-41(24-22-39)34-11-5-6-17-38-34/h5-7,9-15,17,29H,8,16,18-28H2,1-4H3. The van der Waals surface area contributed by atoms with Crippen molar-refractivity contribution in [1.29, 1.82) is 0 Å². The van der Waals surface area contributed by atoms with Crippen molar-refractivity contribution >= 4 is 23.3 Å². The van der Waals surface area contributed by atoms with E-state index in [-0.39, 0.29) is 11.8 Å². The van der Waals surface area contributed by atoms with Gasteiger partial charge < -0.3 is 19.4 Å². The first-order valence-corrected chi connectivity index (χ1v) is 16.7. The normalized spacial score (nSPS) is 17.0. The monoisotopic (exact) mass is 626 g/mol. The van der Waals surface area contributed by atoms with Crippen molar-refractivity contribution in [3.05, 3.63) is 83.6 Å². The lowest BCUT2D eigenvalue weighted by atomic mass is 10.0. The Morgan fingerprint density at radius 3 is 2.33 bits per heavy atom. The third kappa shape index (κ3) is 8.65. The number of pyridine rings is 1. The van der Waals surface area contributed by atoms with E-state index in [9.17, 15) is 9.59 Å². The van der Waals surface area contributed by atoms with Crippen LogP contribution in [0.5, 0.6) is 5.75 Å². The van der Waals surface area contributed by atoms with Crippen molar-refractivity contribution in [3.63, 3.8) is 0 Å². The summed E-state index contributed by atoms with van der Waals surface area (Å²) in [4.78, 5) is 43.6. The number of amides is 2. The summed E-state index contributed by atoms with van der Waals surface area (Å²) in [6.45, 7) is 14.3. The maximum Gasteiger partial charge on any atom is 0.231 e. The van der Waals surface area contributed by atoms with Crippen LogP contribution >= 0.6 is 0 Å². The number of ether oxygens (including phenoxy) is 1. The minimum Gasteiger partial charge on any atom is -0.497 e. The van der Waals surface area contributed by atoms with Crippen molar-refractivity contribution in [1.82, 2.24) is 19.7 Å². The Balaban J connectivity index is 1.31. The summed E-state index contributed by atoms with van der Waals surface area (Å²) in [6, 6.07) is 20.3. The molecule has 9 nitrogen and oxygen atoms in total. The molecule has 0 saturated carbocycles. The van der Waals surface area contributed by atoms with E-state index < -0.39 is 0 Å². The number of aryl methyl sites for hydroxylation is 1. The van der Waals surface area contributed by atoms with Gasteiger partial charge in [-0.05, 0) is 68.1 Å². The predicted octanol–water partition coefficient (Wildman–Crippen LogP) is 4.63. The number of aromatic nitrogens is 1. The second-order valence-electron chi connectivity index (χ2n) is 12.7. The van der Waals surface area contributed by atoms with Gasteiger partial charge in [0.05, 0.1) is 19.2 Å². The van der Waals surface area contributed by atoms with Gasteiger partial charge in [-0.3, -0.25) is 19.4 Å². The number of piperazine rings is 1. The van der Waals surface area contributed by atoms with Gasteiger partial charge in [0.25, 0.3) is 0 Å². The lowest BCUT2D eigenvalue weighted by Crippen LogP contribution is -2.48. The first-order chi connectivity index (χ1) is 22.3. The van der Waals surface area contributed by atoms with E-state index >= 15 is 0 Å². The first-order valence-electron chi connectivity index (χ1n) is 16.7. The average molecular weight is 627 g/mol. The Bertz CT molecular complexity index is 1420. The molecule has 1 fully saturated rings. The fraction of sp³-hybridized carbons (Fsp3) is 0.486. The number of nitrogens with zero attached hydrogens (tertiary/aromatic N) is 6. The number of hydrogen-bond acceptors (Lipinski definition) is 7. The highest BCUT2D eigenvalue weighted by Crippen LogP contribution is 2.29. The number of fused-ring (bicyclic) bond motifs is 1. The van der Waals surface area contributed by atoms with Crippen LogP contribution in [0.15, 0.2) is 66.9 Å². The molecule has 5 rings (SSSR count). The zero-order valence-corrected chi connectivity index (χ0v) is 28.0. The largest absolute Gasteiger partial charge is 0.497 e. The molecule has 9 heteroatoms. The van der Waals surface area contributed by atoms with Crippen molar-refractivity contribution in [2.75, 3.05) is 75.8 Å². The van der Waals surface area contributed by atoms with Gasteiger partial charge in [0.2, 0.25) is 11.8 Å². The highest BCUT2D eigenvalue weighted by molar-refractivity contribution is 5.96. The van der Waals surface area contributed by atoms with Crippen molar-refractivity contribution in [2.24, 2.45) is 0 Å². The van der Waals surface area contributed by atoms with E-state index in [0.717, 1.165) is 86.2 Å². The van der Waals surface area contributed by atoms with Gasteiger partial charge in [-0.25, -0.2) is 4.98 Å². The van der Waals surface area contributed by atoms with Crippen LogP contribution in [0, 0.1) is 6.92 Å². The summed E-state index contributed by atoms with van der Waals surface area (Å²) in [5.41, 5.74) is 3.98. The Morgan fingerprint density at radius 1 is 0.848 bits per heavy atom. The van der Waals surface area contributed by atoms with Crippen LogP contribution < -0.4 is 14.5 Å². The van der Waals surface area contributed by atoms with E-state index in [1.807, 2.05) is 58.5 Å². The quantitative estimate of drug-likeness (QED) is 0.361. The molecule has 3 heterocycles. The number of benzene rings is 2. The number of hydrogen-bond donors (Lipinski definition) is 0. The number of anilines is 2. The minimum absolute atomic E-state index is 0.0683. The zero-order valence-electron chi connectivity index (χ0n) is 28.0. The van der Waals surface area contributed by atoms with Crippen molar-refractivity contribution in [2.45, 2.75) is 52.6 Å². The van der Waals surface area contributed by atoms with Crippen molar-refractivity contribution < 1.29 is 14.3 Å². The van der Waals surface area contributed by atoms with Crippen LogP contribution in [0.2, 0.25) is 0 Å². The Morgan fingerprint density at radius 2 is 1.63 bits per heavy atom. The predicted molar refractivity (Wildman–Crippen MR) is 184 cm³/mol. The SMILES string of the molecule is COc1ccc(CC(=O)N2CCCN(C(C)C)CCN(C(=O)CCN3CCN(c4ccccn4)CC3)Cc3cccc(C)c32)cc1.